The van der Waals surface area contributed by atoms with Gasteiger partial charge in [0.2, 0.25) is 0 Å². The first kappa shape index (κ1) is 20.6. The summed E-state index contributed by atoms with van der Waals surface area (Å²) >= 11 is 0. The Hall–Kier alpha value is -4.01. The Balaban J connectivity index is 1.43. The van der Waals surface area contributed by atoms with Gasteiger partial charge in [-0.15, -0.1) is 10.2 Å². The standard InChI is InChI=1S/C25H23FN8/c1-14(2)34-13-29-32-25(34)20-7-6-17-10-27-24(31-23(17)30-20)18-9-22(15(3)8-19(18)26)33-11-21(28-12-33)16-4-5-16/h6-14,16H,4-5H2,1-3H3. The molecule has 0 aliphatic heterocycles. The van der Waals surface area contributed by atoms with Crippen molar-refractivity contribution in [3.05, 3.63) is 66.4 Å². The largest absolute Gasteiger partial charge is 0.310 e. The fourth-order valence-electron chi connectivity index (χ4n) is 4.14. The van der Waals surface area contributed by atoms with Gasteiger partial charge in [0.25, 0.3) is 0 Å². The van der Waals surface area contributed by atoms with Gasteiger partial charge in [0.05, 0.1) is 23.3 Å². The van der Waals surface area contributed by atoms with Crippen molar-refractivity contribution in [2.24, 2.45) is 0 Å². The van der Waals surface area contributed by atoms with E-state index in [-0.39, 0.29) is 17.7 Å². The van der Waals surface area contributed by atoms with Crippen LogP contribution in [0.5, 0.6) is 0 Å². The molecule has 0 saturated heterocycles. The molecular weight excluding hydrogens is 431 g/mol. The third-order valence-electron chi connectivity index (χ3n) is 6.20. The predicted molar refractivity (Wildman–Crippen MR) is 126 cm³/mol. The molecule has 1 saturated carbocycles. The lowest BCUT2D eigenvalue weighted by Crippen LogP contribution is -2.03. The number of fused-ring (bicyclic) bond motifs is 1. The van der Waals surface area contributed by atoms with E-state index in [0.29, 0.717) is 28.6 Å². The molecule has 4 aromatic heterocycles. The highest BCUT2D eigenvalue weighted by Gasteiger charge is 2.26. The van der Waals surface area contributed by atoms with Gasteiger partial charge >= 0.3 is 0 Å². The summed E-state index contributed by atoms with van der Waals surface area (Å²) in [5, 5.41) is 9.01. The summed E-state index contributed by atoms with van der Waals surface area (Å²) in [5.74, 6) is 1.11. The monoisotopic (exact) mass is 454 g/mol. The Labute approximate surface area is 195 Å². The molecule has 6 rings (SSSR count). The van der Waals surface area contributed by atoms with Gasteiger partial charge in [-0.3, -0.25) is 0 Å². The Morgan fingerprint density at radius 2 is 1.91 bits per heavy atom. The number of aryl methyl sites for hydroxylation is 1. The predicted octanol–water partition coefficient (Wildman–Crippen LogP) is 5.04. The van der Waals surface area contributed by atoms with Gasteiger partial charge in [0.15, 0.2) is 17.3 Å². The molecule has 5 aromatic rings. The van der Waals surface area contributed by atoms with Crippen LogP contribution < -0.4 is 0 Å². The van der Waals surface area contributed by atoms with Crippen LogP contribution in [0.15, 0.2) is 49.3 Å². The maximum atomic E-state index is 15.1. The zero-order valence-corrected chi connectivity index (χ0v) is 19.1. The summed E-state index contributed by atoms with van der Waals surface area (Å²) in [7, 11) is 0. The van der Waals surface area contributed by atoms with Crippen LogP contribution in [-0.4, -0.2) is 39.3 Å². The SMILES string of the molecule is Cc1cc(F)c(-c2ncc3ccc(-c4nncn4C(C)C)nc3n2)cc1-n1cnc(C2CC2)c1. The minimum absolute atomic E-state index is 0.187. The molecule has 0 bridgehead atoms. The van der Waals surface area contributed by atoms with E-state index in [9.17, 15) is 0 Å². The lowest BCUT2D eigenvalue weighted by atomic mass is 10.1. The molecule has 1 fully saturated rings. The summed E-state index contributed by atoms with van der Waals surface area (Å²) in [6.45, 7) is 6.00. The molecule has 0 unspecified atom stereocenters. The fraction of sp³-hybridized carbons (Fsp3) is 0.280. The highest BCUT2D eigenvalue weighted by atomic mass is 19.1. The number of nitrogens with zero attached hydrogens (tertiary/aromatic N) is 8. The summed E-state index contributed by atoms with van der Waals surface area (Å²) in [6.07, 6.45) is 9.53. The second-order valence-corrected chi connectivity index (χ2v) is 9.06. The third kappa shape index (κ3) is 3.53. The second-order valence-electron chi connectivity index (χ2n) is 9.06. The summed E-state index contributed by atoms with van der Waals surface area (Å²) in [6, 6.07) is 7.25. The number of benzene rings is 1. The van der Waals surface area contributed by atoms with Gasteiger partial charge in [-0.25, -0.2) is 24.3 Å². The maximum absolute atomic E-state index is 15.1. The Morgan fingerprint density at radius 1 is 1.06 bits per heavy atom. The topological polar surface area (TPSA) is 87.2 Å². The average molecular weight is 455 g/mol. The van der Waals surface area contributed by atoms with Crippen LogP contribution in [0, 0.1) is 12.7 Å². The minimum atomic E-state index is -0.376. The van der Waals surface area contributed by atoms with Crippen molar-refractivity contribution < 1.29 is 4.39 Å². The van der Waals surface area contributed by atoms with E-state index in [1.165, 1.54) is 18.9 Å². The number of hydrogen-bond donors (Lipinski definition) is 0. The highest BCUT2D eigenvalue weighted by molar-refractivity contribution is 5.78. The molecule has 0 amide bonds. The normalized spacial score (nSPS) is 13.8. The summed E-state index contributed by atoms with van der Waals surface area (Å²) in [5.41, 5.74) is 4.20. The van der Waals surface area contributed by atoms with Crippen LogP contribution in [-0.2, 0) is 0 Å². The first-order chi connectivity index (χ1) is 16.5. The van der Waals surface area contributed by atoms with Gasteiger partial charge in [-0.05, 0) is 63.4 Å². The van der Waals surface area contributed by atoms with E-state index in [2.05, 4.69) is 39.0 Å². The number of imidazole rings is 1. The van der Waals surface area contributed by atoms with E-state index < -0.39 is 0 Å². The van der Waals surface area contributed by atoms with Crippen LogP contribution >= 0.6 is 0 Å². The van der Waals surface area contributed by atoms with Gasteiger partial charge in [-0.2, -0.15) is 0 Å². The number of pyridine rings is 1. The van der Waals surface area contributed by atoms with E-state index in [4.69, 9.17) is 4.98 Å². The van der Waals surface area contributed by atoms with Crippen molar-refractivity contribution in [1.82, 2.24) is 39.3 Å². The lowest BCUT2D eigenvalue weighted by molar-refractivity contribution is 0.603. The zero-order chi connectivity index (χ0) is 23.4. The number of aromatic nitrogens is 8. The van der Waals surface area contributed by atoms with Crippen molar-refractivity contribution in [3.63, 3.8) is 0 Å². The molecule has 4 heterocycles. The molecule has 0 N–H and O–H groups in total. The quantitative estimate of drug-likeness (QED) is 0.370. The lowest BCUT2D eigenvalue weighted by Gasteiger charge is -2.11. The molecular formula is C25H23FN8. The Kier molecular flexibility index (Phi) is 4.72. The zero-order valence-electron chi connectivity index (χ0n) is 19.1. The molecule has 34 heavy (non-hydrogen) atoms. The molecule has 9 heteroatoms. The molecule has 1 aliphatic rings. The molecule has 1 aliphatic carbocycles. The van der Waals surface area contributed by atoms with Gasteiger partial charge in [0.1, 0.15) is 17.8 Å². The van der Waals surface area contributed by atoms with Crippen molar-refractivity contribution in [2.75, 3.05) is 0 Å². The van der Waals surface area contributed by atoms with Crippen LogP contribution in [0.1, 0.15) is 49.9 Å². The molecule has 0 atom stereocenters. The first-order valence-corrected chi connectivity index (χ1v) is 11.4. The first-order valence-electron chi connectivity index (χ1n) is 11.4. The van der Waals surface area contributed by atoms with Gasteiger partial charge in [-0.1, -0.05) is 0 Å². The van der Waals surface area contributed by atoms with E-state index in [1.54, 1.807) is 24.9 Å². The van der Waals surface area contributed by atoms with Crippen LogP contribution in [0.4, 0.5) is 4.39 Å². The maximum Gasteiger partial charge on any atom is 0.182 e. The number of rotatable bonds is 5. The van der Waals surface area contributed by atoms with E-state index in [1.807, 2.05) is 34.4 Å². The van der Waals surface area contributed by atoms with Crippen LogP contribution in [0.3, 0.4) is 0 Å². The second kappa shape index (κ2) is 7.79. The highest BCUT2D eigenvalue weighted by Crippen LogP contribution is 2.39. The Bertz CT molecular complexity index is 1530. The number of hydrogen-bond acceptors (Lipinski definition) is 6. The van der Waals surface area contributed by atoms with Gasteiger partial charge in [0, 0.05) is 29.7 Å². The van der Waals surface area contributed by atoms with Crippen molar-refractivity contribution in [3.8, 4) is 28.6 Å². The Morgan fingerprint density at radius 3 is 2.71 bits per heavy atom. The average Bonchev–Trinajstić information content (AvgIpc) is 3.34. The third-order valence-corrected chi connectivity index (χ3v) is 6.20. The van der Waals surface area contributed by atoms with Crippen LogP contribution in [0.25, 0.3) is 39.6 Å². The van der Waals surface area contributed by atoms with Crippen molar-refractivity contribution >= 4 is 11.0 Å². The molecule has 170 valence electrons. The fourth-order valence-corrected chi connectivity index (χ4v) is 4.14. The van der Waals surface area contributed by atoms with E-state index in [0.717, 1.165) is 22.3 Å². The summed E-state index contributed by atoms with van der Waals surface area (Å²) < 4.78 is 19.0. The number of halogens is 1. The van der Waals surface area contributed by atoms with Gasteiger partial charge < -0.3 is 9.13 Å². The van der Waals surface area contributed by atoms with Crippen molar-refractivity contribution in [1.29, 1.82) is 0 Å². The van der Waals surface area contributed by atoms with E-state index >= 15 is 4.39 Å². The van der Waals surface area contributed by atoms with Crippen molar-refractivity contribution in [2.45, 2.75) is 45.6 Å². The molecule has 1 aromatic carbocycles. The minimum Gasteiger partial charge on any atom is -0.310 e. The molecule has 8 nitrogen and oxygen atoms in total. The summed E-state index contributed by atoms with van der Waals surface area (Å²) in [4.78, 5) is 18.3. The smallest absolute Gasteiger partial charge is 0.182 e. The van der Waals surface area contributed by atoms with Crippen LogP contribution in [0.2, 0.25) is 0 Å². The molecule has 0 radical (unpaired) electrons. The molecule has 0 spiro atoms.